The molecule has 2 atom stereocenters. The summed E-state index contributed by atoms with van der Waals surface area (Å²) < 4.78 is 21.4. The quantitative estimate of drug-likeness (QED) is 0.493. The first-order valence-corrected chi connectivity index (χ1v) is 11.0. The van der Waals surface area contributed by atoms with E-state index in [2.05, 4.69) is 17.4 Å². The molecule has 176 valence electrons. The summed E-state index contributed by atoms with van der Waals surface area (Å²) in [6, 6.07) is 19.3. The van der Waals surface area contributed by atoms with Gasteiger partial charge in [0.1, 0.15) is 18.8 Å². The van der Waals surface area contributed by atoms with Crippen LogP contribution < -0.4 is 19.5 Å². The van der Waals surface area contributed by atoms with Crippen molar-refractivity contribution in [3.8, 4) is 28.4 Å². The van der Waals surface area contributed by atoms with Crippen molar-refractivity contribution in [2.45, 2.75) is 18.1 Å². The molecule has 0 fully saturated rings. The minimum Gasteiger partial charge on any atom is -0.493 e. The largest absolute Gasteiger partial charge is 0.493 e. The first-order valence-electron chi connectivity index (χ1n) is 11.0. The number of rotatable bonds is 7. The topological polar surface area (TPSA) is 106 Å². The number of nitrogens with one attached hydrogen (secondary N) is 1. The van der Waals surface area contributed by atoms with E-state index in [0.717, 1.165) is 22.3 Å². The van der Waals surface area contributed by atoms with E-state index < -0.39 is 18.3 Å². The molecule has 2 aliphatic rings. The van der Waals surface area contributed by atoms with Gasteiger partial charge in [0.25, 0.3) is 0 Å². The minimum atomic E-state index is -1.28. The van der Waals surface area contributed by atoms with Gasteiger partial charge in [-0.3, -0.25) is 0 Å². The fourth-order valence-electron chi connectivity index (χ4n) is 4.49. The molecule has 34 heavy (non-hydrogen) atoms. The average Bonchev–Trinajstić information content (AvgIpc) is 3.47. The maximum absolute atomic E-state index is 12.4. The molecule has 8 heteroatoms. The van der Waals surface area contributed by atoms with Gasteiger partial charge in [0.2, 0.25) is 12.5 Å². The highest BCUT2D eigenvalue weighted by Crippen LogP contribution is 2.45. The Hall–Kier alpha value is -3.75. The van der Waals surface area contributed by atoms with E-state index in [1.165, 1.54) is 7.11 Å². The van der Waals surface area contributed by atoms with E-state index in [0.29, 0.717) is 22.8 Å². The molecule has 1 heterocycles. The predicted molar refractivity (Wildman–Crippen MR) is 123 cm³/mol. The molecule has 0 bridgehead atoms. The molecule has 0 radical (unpaired) electrons. The highest BCUT2D eigenvalue weighted by atomic mass is 16.7. The fraction of sp³-hybridized carbons (Fsp3) is 0.269. The van der Waals surface area contributed by atoms with Crippen molar-refractivity contribution in [2.75, 3.05) is 27.1 Å². The lowest BCUT2D eigenvalue weighted by Gasteiger charge is -2.20. The highest BCUT2D eigenvalue weighted by molar-refractivity contribution is 5.79. The maximum atomic E-state index is 12.4. The molecular weight excluding hydrogens is 438 g/mol. The van der Waals surface area contributed by atoms with Gasteiger partial charge in [0.15, 0.2) is 11.5 Å². The number of hydrogen-bond acceptors (Lipinski definition) is 7. The zero-order valence-corrected chi connectivity index (χ0v) is 18.6. The van der Waals surface area contributed by atoms with Gasteiger partial charge >= 0.3 is 6.09 Å². The summed E-state index contributed by atoms with van der Waals surface area (Å²) in [7, 11) is 1.47. The third kappa shape index (κ3) is 4.02. The number of benzene rings is 3. The number of fused-ring (bicyclic) bond motifs is 4. The number of aliphatic hydroxyl groups is 2. The van der Waals surface area contributed by atoms with Gasteiger partial charge in [0, 0.05) is 12.5 Å². The van der Waals surface area contributed by atoms with Crippen LogP contribution in [0.1, 0.15) is 28.7 Å². The Morgan fingerprint density at radius 3 is 2.41 bits per heavy atom. The normalized spacial score (nSPS) is 15.3. The molecule has 1 aliphatic heterocycles. The summed E-state index contributed by atoms with van der Waals surface area (Å²) in [5.41, 5.74) is 4.89. The number of methoxy groups -OCH3 is 1. The first kappa shape index (κ1) is 22.1. The van der Waals surface area contributed by atoms with Gasteiger partial charge in [-0.05, 0) is 39.9 Å². The molecule has 0 aromatic heterocycles. The molecular formula is C26H25NO7. The third-order valence-corrected chi connectivity index (χ3v) is 6.19. The SMILES string of the molecule is COc1cc(C(O)C(O)CNC(=O)OCC2c3ccccc3-c3ccccc32)cc2c1OCO2. The van der Waals surface area contributed by atoms with E-state index in [4.69, 9.17) is 18.9 Å². The van der Waals surface area contributed by atoms with Crippen LogP contribution >= 0.6 is 0 Å². The molecule has 1 amide bonds. The lowest BCUT2D eigenvalue weighted by Crippen LogP contribution is -2.36. The number of amides is 1. The molecule has 0 saturated carbocycles. The number of carbonyl (C=O) groups is 1. The monoisotopic (exact) mass is 463 g/mol. The summed E-state index contributed by atoms with van der Waals surface area (Å²) >= 11 is 0. The zero-order valence-electron chi connectivity index (χ0n) is 18.6. The summed E-state index contributed by atoms with van der Waals surface area (Å²) in [6.07, 6.45) is -3.22. The number of ether oxygens (including phenoxy) is 4. The highest BCUT2D eigenvalue weighted by Gasteiger charge is 2.30. The molecule has 3 aromatic carbocycles. The van der Waals surface area contributed by atoms with E-state index in [1.54, 1.807) is 12.1 Å². The van der Waals surface area contributed by atoms with Crippen molar-refractivity contribution in [1.82, 2.24) is 5.32 Å². The number of aliphatic hydroxyl groups excluding tert-OH is 2. The van der Waals surface area contributed by atoms with Crippen LogP contribution in [0.3, 0.4) is 0 Å². The first-order chi connectivity index (χ1) is 16.6. The summed E-state index contributed by atoms with van der Waals surface area (Å²) in [6.45, 7) is 0.0175. The van der Waals surface area contributed by atoms with Crippen molar-refractivity contribution in [3.63, 3.8) is 0 Å². The lowest BCUT2D eigenvalue weighted by atomic mass is 9.98. The Morgan fingerprint density at radius 1 is 1.06 bits per heavy atom. The Morgan fingerprint density at radius 2 is 1.74 bits per heavy atom. The van der Waals surface area contributed by atoms with Crippen LogP contribution in [0.5, 0.6) is 17.2 Å². The van der Waals surface area contributed by atoms with Crippen LogP contribution in [0.4, 0.5) is 4.79 Å². The molecule has 3 N–H and O–H groups in total. The molecule has 1 aliphatic carbocycles. The van der Waals surface area contributed by atoms with Crippen LogP contribution in [-0.4, -0.2) is 49.5 Å². The van der Waals surface area contributed by atoms with E-state index >= 15 is 0 Å². The van der Waals surface area contributed by atoms with Gasteiger partial charge < -0.3 is 34.5 Å². The van der Waals surface area contributed by atoms with Crippen molar-refractivity contribution < 1.29 is 34.0 Å². The Balaban J connectivity index is 1.19. The summed E-state index contributed by atoms with van der Waals surface area (Å²) in [5.74, 6) is 1.20. The average molecular weight is 463 g/mol. The molecule has 3 aromatic rings. The zero-order chi connectivity index (χ0) is 23.7. The molecule has 2 unspecified atom stereocenters. The summed E-state index contributed by atoms with van der Waals surface area (Å²) in [4.78, 5) is 12.4. The molecule has 8 nitrogen and oxygen atoms in total. The second kappa shape index (κ2) is 9.24. The van der Waals surface area contributed by atoms with Crippen LogP contribution in [0.2, 0.25) is 0 Å². The Kier molecular flexibility index (Phi) is 6.00. The van der Waals surface area contributed by atoms with Crippen LogP contribution in [0, 0.1) is 0 Å². The van der Waals surface area contributed by atoms with Gasteiger partial charge in [-0.1, -0.05) is 48.5 Å². The van der Waals surface area contributed by atoms with E-state index in [1.807, 2.05) is 36.4 Å². The molecule has 0 spiro atoms. The number of alkyl carbamates (subject to hydrolysis) is 1. The lowest BCUT2D eigenvalue weighted by molar-refractivity contribution is 0.0183. The minimum absolute atomic E-state index is 0.0527. The maximum Gasteiger partial charge on any atom is 0.407 e. The predicted octanol–water partition coefficient (Wildman–Crippen LogP) is 3.36. The third-order valence-electron chi connectivity index (χ3n) is 6.19. The van der Waals surface area contributed by atoms with Gasteiger partial charge in [-0.25, -0.2) is 4.79 Å². The Bertz CT molecular complexity index is 1170. The standard InChI is InChI=1S/C26H25NO7/c1-31-22-10-15(11-23-25(22)34-14-33-23)24(29)21(28)12-27-26(30)32-13-20-18-8-4-2-6-16(18)17-7-3-5-9-19(17)20/h2-11,20-21,24,28-29H,12-14H2,1H3,(H,27,30). The second-order valence-electron chi connectivity index (χ2n) is 8.18. The van der Waals surface area contributed by atoms with E-state index in [-0.39, 0.29) is 25.9 Å². The van der Waals surface area contributed by atoms with Crippen molar-refractivity contribution in [2.24, 2.45) is 0 Å². The Labute approximate surface area is 196 Å². The van der Waals surface area contributed by atoms with Crippen molar-refractivity contribution in [1.29, 1.82) is 0 Å². The van der Waals surface area contributed by atoms with Crippen LogP contribution in [0.25, 0.3) is 11.1 Å². The van der Waals surface area contributed by atoms with E-state index in [9.17, 15) is 15.0 Å². The van der Waals surface area contributed by atoms with Crippen molar-refractivity contribution >= 4 is 6.09 Å². The second-order valence-corrected chi connectivity index (χ2v) is 8.18. The molecule has 5 rings (SSSR count). The van der Waals surface area contributed by atoms with Gasteiger partial charge in [-0.2, -0.15) is 0 Å². The number of hydrogen-bond donors (Lipinski definition) is 3. The fourth-order valence-corrected chi connectivity index (χ4v) is 4.49. The van der Waals surface area contributed by atoms with Gasteiger partial charge in [0.05, 0.1) is 7.11 Å². The molecule has 0 saturated heterocycles. The number of carbonyl (C=O) groups excluding carboxylic acids is 1. The smallest absolute Gasteiger partial charge is 0.407 e. The van der Waals surface area contributed by atoms with Crippen LogP contribution in [0.15, 0.2) is 60.7 Å². The van der Waals surface area contributed by atoms with Crippen LogP contribution in [-0.2, 0) is 4.74 Å². The summed E-state index contributed by atoms with van der Waals surface area (Å²) in [5, 5.41) is 23.5. The van der Waals surface area contributed by atoms with Crippen molar-refractivity contribution in [3.05, 3.63) is 77.4 Å². The van der Waals surface area contributed by atoms with Gasteiger partial charge in [-0.15, -0.1) is 0 Å².